The summed E-state index contributed by atoms with van der Waals surface area (Å²) < 4.78 is 34.2. The van der Waals surface area contributed by atoms with E-state index in [4.69, 9.17) is 16.3 Å². The monoisotopic (exact) mass is 594 g/mol. The van der Waals surface area contributed by atoms with Crippen LogP contribution in [0.5, 0.6) is 5.75 Å². The Kier molecular flexibility index (Phi) is 9.61. The Morgan fingerprint density at radius 3 is 2.29 bits per heavy atom. The second-order valence-corrected chi connectivity index (χ2v) is 11.7. The number of amides is 1. The first kappa shape index (κ1) is 29.7. The van der Waals surface area contributed by atoms with E-state index in [1.165, 1.54) is 11.3 Å². The molecule has 0 aliphatic rings. The van der Waals surface area contributed by atoms with Gasteiger partial charge in [0.2, 0.25) is 0 Å². The average Bonchev–Trinajstić information content (AvgIpc) is 3.31. The zero-order valence-corrected chi connectivity index (χ0v) is 24.5. The van der Waals surface area contributed by atoms with Gasteiger partial charge in [-0.05, 0) is 69.6 Å². The summed E-state index contributed by atoms with van der Waals surface area (Å²) in [5, 5.41) is 1.03. The van der Waals surface area contributed by atoms with Crippen LogP contribution in [0.2, 0.25) is 5.02 Å². The average molecular weight is 596 g/mol. The molecular weight excluding hydrogens is 567 g/mol. The Hall–Kier alpha value is -2.89. The summed E-state index contributed by atoms with van der Waals surface area (Å²) in [6.07, 6.45) is 0. The number of halogens is 2. The van der Waals surface area contributed by atoms with Gasteiger partial charge in [-0.2, -0.15) is 0 Å². The lowest BCUT2D eigenvalue weighted by molar-refractivity contribution is 0.0985. The molecule has 1 heterocycles. The van der Waals surface area contributed by atoms with E-state index in [0.717, 1.165) is 10.3 Å². The minimum atomic E-state index is -3.75. The van der Waals surface area contributed by atoms with Crippen molar-refractivity contribution in [1.82, 2.24) is 9.88 Å². The predicted octanol–water partition coefficient (Wildman–Crippen LogP) is 5.70. The van der Waals surface area contributed by atoms with Crippen molar-refractivity contribution in [2.75, 3.05) is 43.9 Å². The number of likely N-dealkylation sites (N-methyl/N-ethyl adjacent to an activating group) is 1. The fraction of sp³-hybridized carbons (Fsp3) is 0.231. The van der Waals surface area contributed by atoms with E-state index < -0.39 is 10.0 Å². The Bertz CT molecular complexity index is 1520. The number of hydrogen-bond acceptors (Lipinski definition) is 7. The Balaban J connectivity index is 0.00000400. The van der Waals surface area contributed by atoms with Crippen LogP contribution in [0.25, 0.3) is 10.2 Å². The minimum absolute atomic E-state index is 0. The molecule has 1 N–H and O–H groups in total. The molecule has 202 valence electrons. The number of benzene rings is 3. The van der Waals surface area contributed by atoms with Crippen LogP contribution >= 0.6 is 35.3 Å². The zero-order valence-electron chi connectivity index (χ0n) is 21.3. The number of thiazole rings is 1. The molecule has 0 saturated carbocycles. The molecule has 0 saturated heterocycles. The molecule has 0 spiro atoms. The van der Waals surface area contributed by atoms with E-state index in [1.54, 1.807) is 72.7 Å². The number of aromatic nitrogens is 1. The topological polar surface area (TPSA) is 91.8 Å². The fourth-order valence-electron chi connectivity index (χ4n) is 3.57. The molecule has 8 nitrogen and oxygen atoms in total. The van der Waals surface area contributed by atoms with Crippen LogP contribution in [0.1, 0.15) is 15.9 Å². The van der Waals surface area contributed by atoms with Crippen LogP contribution in [0.4, 0.5) is 10.8 Å². The van der Waals surface area contributed by atoms with Crippen molar-refractivity contribution in [2.45, 2.75) is 11.8 Å². The lowest BCUT2D eigenvalue weighted by atomic mass is 10.2. The number of methoxy groups -OCH3 is 1. The molecule has 4 aromatic rings. The predicted molar refractivity (Wildman–Crippen MR) is 157 cm³/mol. The first-order chi connectivity index (χ1) is 17.6. The smallest absolute Gasteiger partial charge is 0.261 e. The van der Waals surface area contributed by atoms with Crippen molar-refractivity contribution in [3.05, 3.63) is 76.8 Å². The van der Waals surface area contributed by atoms with E-state index in [1.807, 2.05) is 25.9 Å². The number of rotatable bonds is 9. The third-order valence-electron chi connectivity index (χ3n) is 5.63. The van der Waals surface area contributed by atoms with Gasteiger partial charge in [0.25, 0.3) is 15.9 Å². The number of hydrogen-bond donors (Lipinski definition) is 1. The standard InChI is InChI=1S/C26H27ClN4O4S2.ClH/c1-17-5-11-20(12-6-17)37(33,34)29-19-9-7-18(8-10-19)25(32)31(16-15-30(2)3)26-28-23-22(35-4)14-13-21(27)24(23)36-26;/h5-14,29H,15-16H2,1-4H3;1H. The van der Waals surface area contributed by atoms with Crippen LogP contribution < -0.4 is 14.4 Å². The maximum absolute atomic E-state index is 13.6. The summed E-state index contributed by atoms with van der Waals surface area (Å²) in [4.78, 5) is 22.0. The Morgan fingerprint density at radius 2 is 1.68 bits per heavy atom. The molecular formula is C26H28Cl2N4O4S2. The van der Waals surface area contributed by atoms with Crippen molar-refractivity contribution < 1.29 is 17.9 Å². The van der Waals surface area contributed by atoms with Gasteiger partial charge in [0.05, 0.1) is 21.7 Å². The van der Waals surface area contributed by atoms with Crippen LogP contribution in [0.15, 0.2) is 65.6 Å². The number of ether oxygens (including phenoxy) is 1. The summed E-state index contributed by atoms with van der Waals surface area (Å²) in [6, 6.07) is 16.4. The zero-order chi connectivity index (χ0) is 26.7. The summed E-state index contributed by atoms with van der Waals surface area (Å²) in [7, 11) is 1.66. The number of nitrogens with zero attached hydrogens (tertiary/aromatic N) is 3. The van der Waals surface area contributed by atoms with Gasteiger partial charge in [-0.25, -0.2) is 13.4 Å². The number of carbonyl (C=O) groups is 1. The van der Waals surface area contributed by atoms with Crippen molar-refractivity contribution in [1.29, 1.82) is 0 Å². The summed E-state index contributed by atoms with van der Waals surface area (Å²) in [5.74, 6) is 0.316. The highest BCUT2D eigenvalue weighted by molar-refractivity contribution is 7.92. The quantitative estimate of drug-likeness (QED) is 0.267. The largest absolute Gasteiger partial charge is 0.494 e. The number of anilines is 2. The highest BCUT2D eigenvalue weighted by atomic mass is 35.5. The molecule has 1 aromatic heterocycles. The van der Waals surface area contributed by atoms with E-state index in [9.17, 15) is 13.2 Å². The lowest BCUT2D eigenvalue weighted by Crippen LogP contribution is -2.36. The highest BCUT2D eigenvalue weighted by Gasteiger charge is 2.24. The molecule has 0 aliphatic carbocycles. The maximum atomic E-state index is 13.6. The van der Waals surface area contributed by atoms with Gasteiger partial charge in [0, 0.05) is 24.3 Å². The lowest BCUT2D eigenvalue weighted by Gasteiger charge is -2.22. The number of fused-ring (bicyclic) bond motifs is 1. The molecule has 0 radical (unpaired) electrons. The van der Waals surface area contributed by atoms with Crippen molar-refractivity contribution in [3.8, 4) is 5.75 Å². The number of nitrogens with one attached hydrogen (secondary N) is 1. The van der Waals surface area contributed by atoms with Crippen LogP contribution in [0, 0.1) is 6.92 Å². The third-order valence-corrected chi connectivity index (χ3v) is 8.57. The molecule has 0 bridgehead atoms. The molecule has 3 aromatic carbocycles. The fourth-order valence-corrected chi connectivity index (χ4v) is 5.91. The van der Waals surface area contributed by atoms with E-state index in [0.29, 0.717) is 45.8 Å². The molecule has 1 amide bonds. The minimum Gasteiger partial charge on any atom is -0.494 e. The van der Waals surface area contributed by atoms with E-state index in [-0.39, 0.29) is 23.2 Å². The SMILES string of the molecule is COc1ccc(Cl)c2sc(N(CCN(C)C)C(=O)c3ccc(NS(=O)(=O)c4ccc(C)cc4)cc3)nc12.Cl. The molecule has 0 aliphatic heterocycles. The van der Waals surface area contributed by atoms with Crippen LogP contribution in [-0.4, -0.2) is 58.5 Å². The normalized spacial score (nSPS) is 11.3. The second-order valence-electron chi connectivity index (χ2n) is 8.68. The summed E-state index contributed by atoms with van der Waals surface area (Å²) >= 11 is 7.72. The first-order valence-corrected chi connectivity index (χ1v) is 14.1. The van der Waals surface area contributed by atoms with Crippen LogP contribution in [0.3, 0.4) is 0 Å². The number of carbonyl (C=O) groups excluding carboxylic acids is 1. The van der Waals surface area contributed by atoms with Crippen molar-refractivity contribution in [2.24, 2.45) is 0 Å². The maximum Gasteiger partial charge on any atom is 0.261 e. The van der Waals surface area contributed by atoms with Gasteiger partial charge in [0.15, 0.2) is 5.13 Å². The van der Waals surface area contributed by atoms with Crippen molar-refractivity contribution in [3.63, 3.8) is 0 Å². The van der Waals surface area contributed by atoms with Gasteiger partial charge in [-0.1, -0.05) is 40.6 Å². The molecule has 38 heavy (non-hydrogen) atoms. The third kappa shape index (κ3) is 6.57. The van der Waals surface area contributed by atoms with Gasteiger partial charge in [-0.3, -0.25) is 14.4 Å². The summed E-state index contributed by atoms with van der Waals surface area (Å²) in [6.45, 7) is 2.90. The van der Waals surface area contributed by atoms with Crippen LogP contribution in [-0.2, 0) is 10.0 Å². The number of sulfonamides is 1. The van der Waals surface area contributed by atoms with E-state index in [2.05, 4.69) is 9.71 Å². The molecule has 12 heteroatoms. The van der Waals surface area contributed by atoms with Gasteiger partial charge in [0.1, 0.15) is 11.3 Å². The van der Waals surface area contributed by atoms with Gasteiger partial charge in [-0.15, -0.1) is 12.4 Å². The Morgan fingerprint density at radius 1 is 1.03 bits per heavy atom. The molecule has 0 unspecified atom stereocenters. The molecule has 0 fully saturated rings. The van der Waals surface area contributed by atoms with Gasteiger partial charge < -0.3 is 9.64 Å². The van der Waals surface area contributed by atoms with Gasteiger partial charge >= 0.3 is 0 Å². The first-order valence-electron chi connectivity index (χ1n) is 11.4. The molecule has 4 rings (SSSR count). The highest BCUT2D eigenvalue weighted by Crippen LogP contribution is 2.39. The second kappa shape index (κ2) is 12.3. The van der Waals surface area contributed by atoms with E-state index >= 15 is 0 Å². The Labute approximate surface area is 237 Å². The number of aryl methyl sites for hydroxylation is 1. The summed E-state index contributed by atoms with van der Waals surface area (Å²) in [5.41, 5.74) is 2.32. The van der Waals surface area contributed by atoms with Crippen molar-refractivity contribution >= 4 is 72.3 Å². The molecule has 0 atom stereocenters.